The summed E-state index contributed by atoms with van der Waals surface area (Å²) < 4.78 is 22.9. The first kappa shape index (κ1) is 14.0. The standard InChI is InChI=1S/C16H11FO6/c17-6-1-2-7-8(10-5-12(18)22-14(10)19)4-11-13(9(7)3-6)16(21)23-15(11)20/h1-3,8,10-11,13H,4-5H2. The lowest BCUT2D eigenvalue weighted by atomic mass is 9.67. The minimum Gasteiger partial charge on any atom is -0.393 e. The highest BCUT2D eigenvalue weighted by atomic mass is 19.1. The zero-order valence-corrected chi connectivity index (χ0v) is 11.8. The molecular formula is C16H11FO6. The Hall–Kier alpha value is -2.57. The van der Waals surface area contributed by atoms with E-state index >= 15 is 0 Å². The van der Waals surface area contributed by atoms with Crippen molar-refractivity contribution < 1.29 is 33.0 Å². The Bertz CT molecular complexity index is 770. The molecule has 6 nitrogen and oxygen atoms in total. The molecule has 118 valence electrons. The summed E-state index contributed by atoms with van der Waals surface area (Å²) in [6.45, 7) is 0. The van der Waals surface area contributed by atoms with Crippen LogP contribution in [0.25, 0.3) is 0 Å². The summed E-state index contributed by atoms with van der Waals surface area (Å²) in [5.74, 6) is -5.99. The van der Waals surface area contributed by atoms with Crippen molar-refractivity contribution in [3.63, 3.8) is 0 Å². The van der Waals surface area contributed by atoms with Crippen molar-refractivity contribution in [1.82, 2.24) is 0 Å². The van der Waals surface area contributed by atoms with Crippen LogP contribution >= 0.6 is 0 Å². The Morgan fingerprint density at radius 2 is 1.61 bits per heavy atom. The normalized spacial score (nSPS) is 32.4. The number of benzene rings is 1. The van der Waals surface area contributed by atoms with Crippen LogP contribution < -0.4 is 0 Å². The summed E-state index contributed by atoms with van der Waals surface area (Å²) in [7, 11) is 0. The molecule has 7 heteroatoms. The number of carbonyl (C=O) groups is 4. The molecule has 1 aromatic rings. The first-order chi connectivity index (χ1) is 11.0. The highest BCUT2D eigenvalue weighted by Crippen LogP contribution is 2.50. The molecule has 2 fully saturated rings. The van der Waals surface area contributed by atoms with Gasteiger partial charge in [-0.1, -0.05) is 6.07 Å². The second-order valence-corrected chi connectivity index (χ2v) is 6.04. The van der Waals surface area contributed by atoms with Gasteiger partial charge in [-0.05, 0) is 35.6 Å². The molecular weight excluding hydrogens is 307 g/mol. The number of cyclic esters (lactones) is 4. The summed E-state index contributed by atoms with van der Waals surface area (Å²) in [6, 6.07) is 3.93. The largest absolute Gasteiger partial charge is 0.393 e. The molecule has 23 heavy (non-hydrogen) atoms. The van der Waals surface area contributed by atoms with E-state index in [-0.39, 0.29) is 12.8 Å². The summed E-state index contributed by atoms with van der Waals surface area (Å²) in [4.78, 5) is 47.1. The molecule has 1 aromatic carbocycles. The van der Waals surface area contributed by atoms with Gasteiger partial charge in [0, 0.05) is 0 Å². The molecule has 4 atom stereocenters. The molecule has 2 heterocycles. The van der Waals surface area contributed by atoms with Gasteiger partial charge in [0.1, 0.15) is 5.82 Å². The van der Waals surface area contributed by atoms with Gasteiger partial charge in [-0.15, -0.1) is 0 Å². The van der Waals surface area contributed by atoms with Crippen LogP contribution in [0, 0.1) is 17.7 Å². The molecule has 3 aliphatic rings. The van der Waals surface area contributed by atoms with E-state index < -0.39 is 53.4 Å². The lowest BCUT2D eigenvalue weighted by molar-refractivity contribution is -0.155. The van der Waals surface area contributed by atoms with Crippen LogP contribution in [0.1, 0.15) is 35.8 Å². The molecule has 4 rings (SSSR count). The van der Waals surface area contributed by atoms with E-state index in [2.05, 4.69) is 9.47 Å². The third-order valence-corrected chi connectivity index (χ3v) is 4.84. The van der Waals surface area contributed by atoms with E-state index in [0.29, 0.717) is 11.1 Å². The van der Waals surface area contributed by atoms with Crippen LogP contribution in [-0.2, 0) is 28.7 Å². The Morgan fingerprint density at radius 1 is 0.870 bits per heavy atom. The van der Waals surface area contributed by atoms with E-state index in [1.807, 2.05) is 0 Å². The van der Waals surface area contributed by atoms with Crippen molar-refractivity contribution in [2.75, 3.05) is 0 Å². The van der Waals surface area contributed by atoms with E-state index in [4.69, 9.17) is 0 Å². The highest BCUT2D eigenvalue weighted by molar-refractivity contribution is 6.01. The highest BCUT2D eigenvalue weighted by Gasteiger charge is 2.53. The fourth-order valence-electron chi connectivity index (χ4n) is 3.85. The fraction of sp³-hybridized carbons (Fsp3) is 0.375. The van der Waals surface area contributed by atoms with Gasteiger partial charge in [0.05, 0.1) is 24.2 Å². The minimum absolute atomic E-state index is 0.0826. The first-order valence-corrected chi connectivity index (χ1v) is 7.25. The van der Waals surface area contributed by atoms with Crippen LogP contribution in [0.3, 0.4) is 0 Å². The summed E-state index contributed by atoms with van der Waals surface area (Å²) in [6.07, 6.45) is 0.113. The smallest absolute Gasteiger partial charge is 0.321 e. The molecule has 0 N–H and O–H groups in total. The maximum atomic E-state index is 13.6. The van der Waals surface area contributed by atoms with Gasteiger partial charge in [0.2, 0.25) is 0 Å². The first-order valence-electron chi connectivity index (χ1n) is 7.25. The van der Waals surface area contributed by atoms with Crippen molar-refractivity contribution in [1.29, 1.82) is 0 Å². The molecule has 0 spiro atoms. The van der Waals surface area contributed by atoms with Crippen molar-refractivity contribution in [2.45, 2.75) is 24.7 Å². The second kappa shape index (κ2) is 4.71. The van der Waals surface area contributed by atoms with Gasteiger partial charge >= 0.3 is 23.9 Å². The van der Waals surface area contributed by atoms with Crippen molar-refractivity contribution in [3.05, 3.63) is 35.1 Å². The molecule has 0 aromatic heterocycles. The lowest BCUT2D eigenvalue weighted by Crippen LogP contribution is -2.31. The Morgan fingerprint density at radius 3 is 2.30 bits per heavy atom. The Labute approximate surface area is 129 Å². The van der Waals surface area contributed by atoms with Gasteiger partial charge < -0.3 is 9.47 Å². The number of rotatable bonds is 1. The Kier molecular flexibility index (Phi) is 2.88. The summed E-state index contributed by atoms with van der Waals surface area (Å²) in [5.41, 5.74) is 0.949. The van der Waals surface area contributed by atoms with Gasteiger partial charge in [-0.2, -0.15) is 0 Å². The quantitative estimate of drug-likeness (QED) is 0.571. The average Bonchev–Trinajstić information content (AvgIpc) is 2.97. The topological polar surface area (TPSA) is 86.7 Å². The number of halogens is 1. The molecule has 1 aliphatic carbocycles. The molecule has 2 saturated heterocycles. The van der Waals surface area contributed by atoms with Gasteiger partial charge in [-0.25, -0.2) is 4.39 Å². The monoisotopic (exact) mass is 318 g/mol. The van der Waals surface area contributed by atoms with Gasteiger partial charge in [0.15, 0.2) is 0 Å². The van der Waals surface area contributed by atoms with Crippen molar-refractivity contribution >= 4 is 23.9 Å². The average molecular weight is 318 g/mol. The van der Waals surface area contributed by atoms with E-state index in [9.17, 15) is 23.6 Å². The molecule has 0 radical (unpaired) electrons. The molecule has 2 aliphatic heterocycles. The fourth-order valence-corrected chi connectivity index (χ4v) is 3.85. The number of ether oxygens (including phenoxy) is 2. The van der Waals surface area contributed by atoms with Crippen LogP contribution in [-0.4, -0.2) is 23.9 Å². The maximum Gasteiger partial charge on any atom is 0.321 e. The van der Waals surface area contributed by atoms with Crippen LogP contribution in [0.4, 0.5) is 4.39 Å². The summed E-state index contributed by atoms with van der Waals surface area (Å²) >= 11 is 0. The molecule has 0 bridgehead atoms. The molecule has 4 unspecified atom stereocenters. The van der Waals surface area contributed by atoms with E-state index in [1.165, 1.54) is 18.2 Å². The van der Waals surface area contributed by atoms with Gasteiger partial charge in [-0.3, -0.25) is 19.2 Å². The minimum atomic E-state index is -0.849. The van der Waals surface area contributed by atoms with E-state index in [0.717, 1.165) is 0 Å². The van der Waals surface area contributed by atoms with Crippen molar-refractivity contribution in [3.8, 4) is 0 Å². The second-order valence-electron chi connectivity index (χ2n) is 6.04. The van der Waals surface area contributed by atoms with Gasteiger partial charge in [0.25, 0.3) is 0 Å². The SMILES string of the molecule is O=C1CC(C2CC3C(=O)OC(=O)C3c3cc(F)ccc32)C(=O)O1. The van der Waals surface area contributed by atoms with Crippen LogP contribution in [0.15, 0.2) is 18.2 Å². The van der Waals surface area contributed by atoms with E-state index in [1.54, 1.807) is 0 Å². The number of hydrogen-bond donors (Lipinski definition) is 0. The number of carbonyl (C=O) groups excluding carboxylic acids is 4. The molecule has 0 saturated carbocycles. The predicted molar refractivity (Wildman–Crippen MR) is 70.3 cm³/mol. The number of hydrogen-bond acceptors (Lipinski definition) is 6. The molecule has 0 amide bonds. The Balaban J connectivity index is 1.83. The lowest BCUT2D eigenvalue weighted by Gasteiger charge is -2.32. The van der Waals surface area contributed by atoms with Crippen molar-refractivity contribution in [2.24, 2.45) is 11.8 Å². The zero-order valence-electron chi connectivity index (χ0n) is 11.8. The third-order valence-electron chi connectivity index (χ3n) is 4.84. The number of fused-ring (bicyclic) bond motifs is 3. The third kappa shape index (κ3) is 1.99. The number of esters is 4. The summed E-state index contributed by atoms with van der Waals surface area (Å²) in [5, 5.41) is 0. The zero-order chi connectivity index (χ0) is 16.3. The predicted octanol–water partition coefficient (Wildman–Crippen LogP) is 1.19. The van der Waals surface area contributed by atoms with Crippen LogP contribution in [0.2, 0.25) is 0 Å². The van der Waals surface area contributed by atoms with Crippen LogP contribution in [0.5, 0.6) is 0 Å². The maximum absolute atomic E-state index is 13.6.